The van der Waals surface area contributed by atoms with Crippen molar-refractivity contribution in [2.75, 3.05) is 20.3 Å². The number of rotatable bonds is 9. The maximum atomic E-state index is 11.9. The molecule has 0 aliphatic heterocycles. The van der Waals surface area contributed by atoms with E-state index in [1.807, 2.05) is 43.9 Å². The number of carbonyl (C=O) groups excluding carboxylic acids is 1. The molecule has 1 rings (SSSR count). The smallest absolute Gasteiger partial charge is 0.399 e. The van der Waals surface area contributed by atoms with Gasteiger partial charge in [0.1, 0.15) is 19.3 Å². The van der Waals surface area contributed by atoms with Gasteiger partial charge in [-0.2, -0.15) is 0 Å². The summed E-state index contributed by atoms with van der Waals surface area (Å²) in [6, 6.07) is 7.43. The van der Waals surface area contributed by atoms with Crippen molar-refractivity contribution in [3.63, 3.8) is 0 Å². The lowest BCUT2D eigenvalue weighted by Gasteiger charge is -2.27. The number of hydrogen-bond acceptors (Lipinski definition) is 5. The number of hydrogen-bond donors (Lipinski definition) is 1. The van der Waals surface area contributed by atoms with Crippen molar-refractivity contribution >= 4 is 22.6 Å². The minimum absolute atomic E-state index is 0.149. The lowest BCUT2D eigenvalue weighted by atomic mass is 10.3. The van der Waals surface area contributed by atoms with E-state index in [0.29, 0.717) is 11.5 Å². The zero-order valence-electron chi connectivity index (χ0n) is 16.3. The molecular weight excluding hydrogens is 354 g/mol. The molecular formula is C17H31NO5Si2. The van der Waals surface area contributed by atoms with Crippen LogP contribution in [-0.2, 0) is 9.16 Å². The van der Waals surface area contributed by atoms with E-state index in [-0.39, 0.29) is 19.3 Å². The van der Waals surface area contributed by atoms with Crippen LogP contribution in [0.2, 0.25) is 39.3 Å². The second-order valence-electron chi connectivity index (χ2n) is 7.79. The van der Waals surface area contributed by atoms with Gasteiger partial charge in [-0.15, -0.1) is 0 Å². The Labute approximate surface area is 153 Å². The van der Waals surface area contributed by atoms with Gasteiger partial charge >= 0.3 is 6.09 Å². The van der Waals surface area contributed by atoms with E-state index in [4.69, 9.17) is 18.6 Å². The van der Waals surface area contributed by atoms with Gasteiger partial charge in [-0.3, -0.25) is 0 Å². The Kier molecular flexibility index (Phi) is 7.97. The maximum absolute atomic E-state index is 11.9. The molecule has 142 valence electrons. The molecule has 1 unspecified atom stereocenters. The molecule has 1 aromatic carbocycles. The Morgan fingerprint density at radius 2 is 1.64 bits per heavy atom. The van der Waals surface area contributed by atoms with Crippen LogP contribution in [0.1, 0.15) is 0 Å². The molecule has 25 heavy (non-hydrogen) atoms. The van der Waals surface area contributed by atoms with Gasteiger partial charge in [0, 0.05) is 0 Å². The van der Waals surface area contributed by atoms with Crippen LogP contribution in [0.5, 0.6) is 11.5 Å². The van der Waals surface area contributed by atoms with Crippen molar-refractivity contribution in [1.82, 2.24) is 4.98 Å². The molecule has 0 aliphatic rings. The van der Waals surface area contributed by atoms with Gasteiger partial charge in [-0.1, -0.05) is 31.8 Å². The van der Waals surface area contributed by atoms with E-state index >= 15 is 0 Å². The molecule has 0 saturated heterocycles. The summed E-state index contributed by atoms with van der Waals surface area (Å²) in [5.74, 6) is 1.30. The van der Waals surface area contributed by atoms with Gasteiger partial charge in [0.25, 0.3) is 0 Å². The van der Waals surface area contributed by atoms with E-state index in [9.17, 15) is 4.79 Å². The Balaban J connectivity index is 2.65. The average Bonchev–Trinajstić information content (AvgIpc) is 2.47. The second-order valence-corrected chi connectivity index (χ2v) is 17.0. The quantitative estimate of drug-likeness (QED) is 0.654. The van der Waals surface area contributed by atoms with Crippen LogP contribution >= 0.6 is 0 Å². The first-order valence-electron chi connectivity index (χ1n) is 8.39. The number of carbonyl (C=O) groups is 1. The molecule has 1 amide bonds. The van der Waals surface area contributed by atoms with Crippen molar-refractivity contribution in [2.24, 2.45) is 0 Å². The van der Waals surface area contributed by atoms with Crippen molar-refractivity contribution in [1.29, 1.82) is 0 Å². The average molecular weight is 386 g/mol. The Bertz CT molecular complexity index is 555. The highest BCUT2D eigenvalue weighted by atomic mass is 28.4. The van der Waals surface area contributed by atoms with E-state index < -0.39 is 22.6 Å². The Hall–Kier alpha value is -1.52. The normalized spacial score (nSPS) is 13.1. The van der Waals surface area contributed by atoms with Gasteiger partial charge in [0.05, 0.1) is 7.11 Å². The molecule has 0 radical (unpaired) electrons. The highest BCUT2D eigenvalue weighted by Crippen LogP contribution is 2.26. The molecule has 0 aliphatic carbocycles. The van der Waals surface area contributed by atoms with E-state index in [2.05, 4.69) is 24.6 Å². The van der Waals surface area contributed by atoms with Crippen LogP contribution in [-0.4, -0.2) is 49.1 Å². The van der Waals surface area contributed by atoms with E-state index in [1.165, 1.54) is 0 Å². The maximum Gasteiger partial charge on any atom is 0.399 e. The SMILES string of the molecule is COc1ccccc1OCC(COC(=O)N[Si](C)(C)C)O[Si](C)(C)C. The van der Waals surface area contributed by atoms with E-state index in [0.717, 1.165) is 0 Å². The van der Waals surface area contributed by atoms with Crippen LogP contribution in [0.25, 0.3) is 0 Å². The first-order valence-corrected chi connectivity index (χ1v) is 15.3. The predicted octanol–water partition coefficient (Wildman–Crippen LogP) is 3.86. The zero-order chi connectivity index (χ0) is 19.1. The standard InChI is InChI=1S/C17H31NO5Si2/c1-20-15-10-8-9-11-16(15)21-12-14(23-25(5,6)7)13-22-17(19)18-24(2,3)4/h8-11,14H,12-13H2,1-7H3,(H,18,19). The molecule has 0 aromatic heterocycles. The van der Waals surface area contributed by atoms with Crippen LogP contribution in [0.15, 0.2) is 24.3 Å². The molecule has 0 heterocycles. The lowest BCUT2D eigenvalue weighted by molar-refractivity contribution is 0.0505. The number of para-hydroxylation sites is 2. The molecule has 0 spiro atoms. The fourth-order valence-corrected chi connectivity index (χ4v) is 3.87. The van der Waals surface area contributed by atoms with Gasteiger partial charge in [0.2, 0.25) is 0 Å². The van der Waals surface area contributed by atoms with Gasteiger partial charge < -0.3 is 23.6 Å². The van der Waals surface area contributed by atoms with Crippen molar-refractivity contribution in [2.45, 2.75) is 45.4 Å². The summed E-state index contributed by atoms with van der Waals surface area (Å²) in [6.45, 7) is 12.8. The molecule has 6 nitrogen and oxygen atoms in total. The lowest BCUT2D eigenvalue weighted by Crippen LogP contribution is -2.47. The van der Waals surface area contributed by atoms with Crippen LogP contribution in [0, 0.1) is 0 Å². The third-order valence-corrected chi connectivity index (χ3v) is 4.89. The molecule has 0 bridgehead atoms. The van der Waals surface area contributed by atoms with Gasteiger partial charge in [-0.05, 0) is 31.8 Å². The van der Waals surface area contributed by atoms with Crippen LogP contribution < -0.4 is 14.5 Å². The highest BCUT2D eigenvalue weighted by Gasteiger charge is 2.24. The first kappa shape index (κ1) is 21.5. The number of methoxy groups -OCH3 is 1. The molecule has 0 fully saturated rings. The van der Waals surface area contributed by atoms with Crippen molar-refractivity contribution in [3.8, 4) is 11.5 Å². The molecule has 1 N–H and O–H groups in total. The van der Waals surface area contributed by atoms with Crippen LogP contribution in [0.4, 0.5) is 4.79 Å². The van der Waals surface area contributed by atoms with Crippen molar-refractivity contribution < 1.29 is 23.4 Å². The minimum Gasteiger partial charge on any atom is -0.493 e. The molecule has 1 aromatic rings. The fourth-order valence-electron chi connectivity index (χ4n) is 2.05. The third-order valence-electron chi connectivity index (χ3n) is 2.89. The van der Waals surface area contributed by atoms with Gasteiger partial charge in [-0.25, -0.2) is 4.79 Å². The summed E-state index contributed by atoms with van der Waals surface area (Å²) in [5.41, 5.74) is 0. The molecule has 1 atom stereocenters. The number of ether oxygens (including phenoxy) is 3. The Morgan fingerprint density at radius 1 is 1.04 bits per heavy atom. The highest BCUT2D eigenvalue weighted by molar-refractivity contribution is 6.75. The fraction of sp³-hybridized carbons (Fsp3) is 0.588. The summed E-state index contributed by atoms with van der Waals surface area (Å²) in [7, 11) is -1.94. The number of benzene rings is 1. The predicted molar refractivity (Wildman–Crippen MR) is 105 cm³/mol. The first-order chi connectivity index (χ1) is 11.5. The summed E-state index contributed by atoms with van der Waals surface area (Å²) in [5, 5.41) is 0. The van der Waals surface area contributed by atoms with Gasteiger partial charge in [0.15, 0.2) is 28.1 Å². The third kappa shape index (κ3) is 9.52. The summed E-state index contributed by atoms with van der Waals surface area (Å²) < 4.78 is 22.6. The zero-order valence-corrected chi connectivity index (χ0v) is 18.3. The van der Waals surface area contributed by atoms with Crippen LogP contribution in [0.3, 0.4) is 0 Å². The summed E-state index contributed by atoms with van der Waals surface area (Å²) >= 11 is 0. The number of nitrogens with one attached hydrogen (secondary N) is 1. The monoisotopic (exact) mass is 385 g/mol. The summed E-state index contributed by atoms with van der Waals surface area (Å²) in [4.78, 5) is 14.8. The molecule has 0 saturated carbocycles. The number of amides is 1. The largest absolute Gasteiger partial charge is 0.493 e. The topological polar surface area (TPSA) is 66.0 Å². The summed E-state index contributed by atoms with van der Waals surface area (Å²) in [6.07, 6.45) is -0.732. The van der Waals surface area contributed by atoms with Crippen molar-refractivity contribution in [3.05, 3.63) is 24.3 Å². The Morgan fingerprint density at radius 3 is 2.16 bits per heavy atom. The second kappa shape index (κ2) is 9.26. The minimum atomic E-state index is -1.81. The molecule has 8 heteroatoms. The van der Waals surface area contributed by atoms with E-state index in [1.54, 1.807) is 7.11 Å².